The molecule has 0 bridgehead atoms. The summed E-state index contributed by atoms with van der Waals surface area (Å²) in [6, 6.07) is -0.291. The third-order valence-electron chi connectivity index (χ3n) is 1.31. The Labute approximate surface area is 86.5 Å². The van der Waals surface area contributed by atoms with Crippen LogP contribution in [0.2, 0.25) is 0 Å². The van der Waals surface area contributed by atoms with E-state index in [1.807, 2.05) is 13.8 Å². The summed E-state index contributed by atoms with van der Waals surface area (Å²) in [5.74, 6) is 0. The van der Waals surface area contributed by atoms with Gasteiger partial charge < -0.3 is 5.32 Å². The first kappa shape index (κ1) is 10.6. The van der Waals surface area contributed by atoms with Gasteiger partial charge in [-0.2, -0.15) is 10.1 Å². The molecular formula is C8H12N4OS. The Kier molecular flexibility index (Phi) is 3.58. The SMILES string of the molecule is CNC(=O)N(N=C(C)C)c1nccs1. The van der Waals surface area contributed by atoms with Crippen LogP contribution in [0.25, 0.3) is 0 Å². The van der Waals surface area contributed by atoms with Gasteiger partial charge >= 0.3 is 6.03 Å². The number of rotatable bonds is 2. The van der Waals surface area contributed by atoms with E-state index in [1.54, 1.807) is 18.6 Å². The molecule has 1 aromatic rings. The number of carbonyl (C=O) groups is 1. The smallest absolute Gasteiger partial charge is 0.339 e. The normalized spacial score (nSPS) is 9.36. The van der Waals surface area contributed by atoms with Crippen molar-refractivity contribution in [2.75, 3.05) is 12.1 Å². The molecule has 0 radical (unpaired) electrons. The van der Waals surface area contributed by atoms with Crippen molar-refractivity contribution in [3.05, 3.63) is 11.6 Å². The number of thiazole rings is 1. The van der Waals surface area contributed by atoms with Gasteiger partial charge in [0.15, 0.2) is 0 Å². The largest absolute Gasteiger partial charge is 0.344 e. The van der Waals surface area contributed by atoms with E-state index in [0.29, 0.717) is 5.13 Å². The topological polar surface area (TPSA) is 57.6 Å². The van der Waals surface area contributed by atoms with Gasteiger partial charge in [0.2, 0.25) is 5.13 Å². The highest BCUT2D eigenvalue weighted by atomic mass is 32.1. The molecule has 6 heteroatoms. The van der Waals surface area contributed by atoms with Gasteiger partial charge in [0.1, 0.15) is 0 Å². The third-order valence-corrected chi connectivity index (χ3v) is 2.05. The number of amides is 2. The van der Waals surface area contributed by atoms with Gasteiger partial charge in [0.25, 0.3) is 0 Å². The maximum absolute atomic E-state index is 11.4. The molecule has 0 aliphatic rings. The molecule has 0 unspecified atom stereocenters. The molecule has 14 heavy (non-hydrogen) atoms. The Hall–Kier alpha value is -1.43. The van der Waals surface area contributed by atoms with Crippen molar-refractivity contribution >= 4 is 28.2 Å². The maximum Gasteiger partial charge on any atom is 0.344 e. The van der Waals surface area contributed by atoms with E-state index in [1.165, 1.54) is 16.3 Å². The molecule has 1 aromatic heterocycles. The number of carbonyl (C=O) groups excluding carboxylic acids is 1. The van der Waals surface area contributed by atoms with Crippen LogP contribution in [0.4, 0.5) is 9.93 Å². The predicted molar refractivity (Wildman–Crippen MR) is 57.8 cm³/mol. The summed E-state index contributed by atoms with van der Waals surface area (Å²) in [6.07, 6.45) is 1.64. The molecule has 1 rings (SSSR count). The van der Waals surface area contributed by atoms with Gasteiger partial charge in [-0.3, -0.25) is 0 Å². The first-order chi connectivity index (χ1) is 6.65. The van der Waals surface area contributed by atoms with Crippen molar-refractivity contribution in [3.63, 3.8) is 0 Å². The first-order valence-corrected chi connectivity index (χ1v) is 4.96. The molecule has 0 atom stereocenters. The number of nitrogens with one attached hydrogen (secondary N) is 1. The molecule has 5 nitrogen and oxygen atoms in total. The molecule has 1 N–H and O–H groups in total. The summed E-state index contributed by atoms with van der Waals surface area (Å²) >= 11 is 1.36. The fourth-order valence-electron chi connectivity index (χ4n) is 0.801. The van der Waals surface area contributed by atoms with Crippen LogP contribution < -0.4 is 10.3 Å². The zero-order valence-corrected chi connectivity index (χ0v) is 9.13. The van der Waals surface area contributed by atoms with Gasteiger partial charge in [0, 0.05) is 24.3 Å². The molecule has 0 aliphatic carbocycles. The minimum atomic E-state index is -0.291. The van der Waals surface area contributed by atoms with Crippen LogP contribution in [0, 0.1) is 0 Å². The molecule has 0 aromatic carbocycles. The number of aromatic nitrogens is 1. The van der Waals surface area contributed by atoms with Crippen LogP contribution in [0.3, 0.4) is 0 Å². The summed E-state index contributed by atoms with van der Waals surface area (Å²) in [5.41, 5.74) is 0.795. The molecule has 0 aliphatic heterocycles. The lowest BCUT2D eigenvalue weighted by molar-refractivity contribution is 0.248. The van der Waals surface area contributed by atoms with E-state index in [0.717, 1.165) is 5.71 Å². The van der Waals surface area contributed by atoms with Gasteiger partial charge in [-0.05, 0) is 13.8 Å². The van der Waals surface area contributed by atoms with Crippen LogP contribution >= 0.6 is 11.3 Å². The molecule has 1 heterocycles. The van der Waals surface area contributed by atoms with E-state index < -0.39 is 0 Å². The Bertz CT molecular complexity index is 329. The molecule has 0 saturated heterocycles. The zero-order chi connectivity index (χ0) is 10.6. The number of anilines is 1. The zero-order valence-electron chi connectivity index (χ0n) is 8.31. The fourth-order valence-corrected chi connectivity index (χ4v) is 1.39. The Morgan fingerprint density at radius 2 is 2.36 bits per heavy atom. The summed E-state index contributed by atoms with van der Waals surface area (Å²) in [4.78, 5) is 15.4. The first-order valence-electron chi connectivity index (χ1n) is 4.08. The van der Waals surface area contributed by atoms with Crippen molar-refractivity contribution in [1.29, 1.82) is 0 Å². The minimum absolute atomic E-state index is 0.291. The number of hydrogen-bond acceptors (Lipinski definition) is 4. The fraction of sp³-hybridized carbons (Fsp3) is 0.375. The van der Waals surface area contributed by atoms with Crippen molar-refractivity contribution in [2.45, 2.75) is 13.8 Å². The second-order valence-corrected chi connectivity index (χ2v) is 3.60. The highest BCUT2D eigenvalue weighted by molar-refractivity contribution is 7.13. The Morgan fingerprint density at radius 1 is 1.64 bits per heavy atom. The summed E-state index contributed by atoms with van der Waals surface area (Å²) in [5, 5.41) is 10.2. The number of hydrogen-bond donors (Lipinski definition) is 1. The van der Waals surface area contributed by atoms with Crippen molar-refractivity contribution in [2.24, 2.45) is 5.10 Å². The van der Waals surface area contributed by atoms with Gasteiger partial charge in [0.05, 0.1) is 0 Å². The lowest BCUT2D eigenvalue weighted by Crippen LogP contribution is -2.34. The van der Waals surface area contributed by atoms with Crippen LogP contribution in [-0.2, 0) is 0 Å². The van der Waals surface area contributed by atoms with E-state index in [4.69, 9.17) is 0 Å². The Balaban J connectivity index is 2.94. The molecule has 0 saturated carbocycles. The van der Waals surface area contributed by atoms with Crippen molar-refractivity contribution < 1.29 is 4.79 Å². The van der Waals surface area contributed by atoms with E-state index in [-0.39, 0.29) is 6.03 Å². The quantitative estimate of drug-likeness (QED) is 0.599. The van der Waals surface area contributed by atoms with Crippen LogP contribution in [0.5, 0.6) is 0 Å². The van der Waals surface area contributed by atoms with Gasteiger partial charge in [-0.1, -0.05) is 0 Å². The average Bonchev–Trinajstić information content (AvgIpc) is 2.65. The van der Waals surface area contributed by atoms with E-state index >= 15 is 0 Å². The minimum Gasteiger partial charge on any atom is -0.339 e. The molecule has 0 fully saturated rings. The van der Waals surface area contributed by atoms with Gasteiger partial charge in [-0.15, -0.1) is 11.3 Å². The summed E-state index contributed by atoms with van der Waals surface area (Å²) in [7, 11) is 1.56. The second kappa shape index (κ2) is 4.71. The van der Waals surface area contributed by atoms with Crippen LogP contribution in [-0.4, -0.2) is 23.8 Å². The predicted octanol–water partition coefficient (Wildman–Crippen LogP) is 1.68. The van der Waals surface area contributed by atoms with Crippen LogP contribution in [0.15, 0.2) is 16.7 Å². The Morgan fingerprint density at radius 3 is 2.79 bits per heavy atom. The number of hydrazone groups is 1. The summed E-state index contributed by atoms with van der Waals surface area (Å²) in [6.45, 7) is 3.65. The summed E-state index contributed by atoms with van der Waals surface area (Å²) < 4.78 is 0. The lowest BCUT2D eigenvalue weighted by atomic mass is 10.5. The lowest BCUT2D eigenvalue weighted by Gasteiger charge is -2.13. The molecule has 2 amide bonds. The van der Waals surface area contributed by atoms with E-state index in [2.05, 4.69) is 15.4 Å². The third kappa shape index (κ3) is 2.53. The second-order valence-electron chi connectivity index (χ2n) is 2.73. The number of nitrogens with zero attached hydrogens (tertiary/aromatic N) is 3. The molecule has 0 spiro atoms. The van der Waals surface area contributed by atoms with Crippen molar-refractivity contribution in [3.8, 4) is 0 Å². The maximum atomic E-state index is 11.4. The highest BCUT2D eigenvalue weighted by Crippen LogP contribution is 2.17. The highest BCUT2D eigenvalue weighted by Gasteiger charge is 2.15. The monoisotopic (exact) mass is 212 g/mol. The molecular weight excluding hydrogens is 200 g/mol. The van der Waals surface area contributed by atoms with E-state index in [9.17, 15) is 4.79 Å². The molecule has 76 valence electrons. The van der Waals surface area contributed by atoms with Crippen molar-refractivity contribution in [1.82, 2.24) is 10.3 Å². The van der Waals surface area contributed by atoms with Gasteiger partial charge in [-0.25, -0.2) is 9.78 Å². The standard InChI is InChI=1S/C8H12N4OS/c1-6(2)11-12(7(13)9-3)8-10-4-5-14-8/h4-5H,1-3H3,(H,9,13). The average molecular weight is 212 g/mol. The number of urea groups is 1. The van der Waals surface area contributed by atoms with Crippen LogP contribution in [0.1, 0.15) is 13.8 Å².